The lowest BCUT2D eigenvalue weighted by atomic mass is 10.0. The summed E-state index contributed by atoms with van der Waals surface area (Å²) in [7, 11) is 0. The molecule has 2 aromatic rings. The van der Waals surface area contributed by atoms with Crippen LogP contribution < -0.4 is 0 Å². The minimum Gasteiger partial charge on any atom is -0.347 e. The molecule has 1 atom stereocenters. The summed E-state index contributed by atoms with van der Waals surface area (Å²) in [5.74, 6) is 1.22. The number of aromatic nitrogens is 2. The molecule has 1 amide bonds. The number of piperidine rings is 1. The number of amides is 1. The molecule has 24 heavy (non-hydrogen) atoms. The van der Waals surface area contributed by atoms with Crippen LogP contribution >= 0.6 is 11.8 Å². The van der Waals surface area contributed by atoms with Crippen molar-refractivity contribution in [3.8, 4) is 0 Å². The number of benzene rings is 1. The maximum atomic E-state index is 12.6. The van der Waals surface area contributed by atoms with E-state index in [1.165, 1.54) is 23.9 Å². The first kappa shape index (κ1) is 16.5. The molecule has 1 aliphatic rings. The Balaban J connectivity index is 1.62. The van der Waals surface area contributed by atoms with Crippen molar-refractivity contribution in [1.29, 1.82) is 0 Å². The smallest absolute Gasteiger partial charge is 0.269 e. The Kier molecular flexibility index (Phi) is 5.14. The lowest BCUT2D eigenvalue weighted by Gasteiger charge is -2.34. The van der Waals surface area contributed by atoms with Gasteiger partial charge in [0.2, 0.25) is 5.91 Å². The predicted molar refractivity (Wildman–Crippen MR) is 90.7 cm³/mol. The van der Waals surface area contributed by atoms with Crippen LogP contribution in [0.3, 0.4) is 0 Å². The first-order chi connectivity index (χ1) is 11.6. The second-order valence-electron chi connectivity index (χ2n) is 5.61. The number of likely N-dealkylation sites (tertiary alicyclic amines) is 1. The van der Waals surface area contributed by atoms with Crippen LogP contribution in [0.1, 0.15) is 31.1 Å². The van der Waals surface area contributed by atoms with Crippen molar-refractivity contribution in [2.24, 2.45) is 0 Å². The number of non-ortho nitro benzene ring substituents is 1. The van der Waals surface area contributed by atoms with Gasteiger partial charge in [-0.2, -0.15) is 0 Å². The third-order valence-electron chi connectivity index (χ3n) is 4.07. The van der Waals surface area contributed by atoms with Gasteiger partial charge in [-0.3, -0.25) is 14.9 Å². The van der Waals surface area contributed by atoms with E-state index in [1.54, 1.807) is 24.5 Å². The standard InChI is InChI=1S/C16H18N4O3S/c21-15(11-24-13-6-4-12(5-7-13)20(22)23)19-10-2-1-3-14(19)16-17-8-9-18-16/h4-9,14H,1-3,10-11H2,(H,17,18). The minimum atomic E-state index is -0.429. The molecular formula is C16H18N4O3S. The lowest BCUT2D eigenvalue weighted by molar-refractivity contribution is -0.384. The Labute approximate surface area is 143 Å². The van der Waals surface area contributed by atoms with Gasteiger partial charge in [-0.25, -0.2) is 4.98 Å². The molecule has 8 heteroatoms. The molecule has 1 fully saturated rings. The van der Waals surface area contributed by atoms with Crippen molar-refractivity contribution in [2.45, 2.75) is 30.2 Å². The fourth-order valence-electron chi connectivity index (χ4n) is 2.87. The monoisotopic (exact) mass is 346 g/mol. The number of hydrogen-bond acceptors (Lipinski definition) is 5. The zero-order valence-corrected chi connectivity index (χ0v) is 13.9. The first-order valence-corrected chi connectivity index (χ1v) is 8.79. The van der Waals surface area contributed by atoms with Crippen molar-refractivity contribution in [3.63, 3.8) is 0 Å². The molecule has 0 spiro atoms. The van der Waals surface area contributed by atoms with Crippen LogP contribution in [-0.4, -0.2) is 38.0 Å². The van der Waals surface area contributed by atoms with Crippen molar-refractivity contribution >= 4 is 23.4 Å². The second-order valence-corrected chi connectivity index (χ2v) is 6.66. The maximum absolute atomic E-state index is 12.6. The number of carbonyl (C=O) groups excluding carboxylic acids is 1. The highest BCUT2D eigenvalue weighted by Gasteiger charge is 2.29. The number of H-pyrrole nitrogens is 1. The predicted octanol–water partition coefficient (Wildman–Crippen LogP) is 3.16. The number of imidazole rings is 1. The van der Waals surface area contributed by atoms with Crippen LogP contribution in [-0.2, 0) is 4.79 Å². The zero-order chi connectivity index (χ0) is 16.9. The Morgan fingerprint density at radius 2 is 2.17 bits per heavy atom. The Morgan fingerprint density at radius 1 is 1.38 bits per heavy atom. The molecule has 1 N–H and O–H groups in total. The van der Waals surface area contributed by atoms with Crippen LogP contribution in [0.15, 0.2) is 41.6 Å². The molecule has 1 saturated heterocycles. The highest BCUT2D eigenvalue weighted by Crippen LogP contribution is 2.30. The number of nitro groups is 1. The van der Waals surface area contributed by atoms with Gasteiger partial charge in [-0.05, 0) is 31.4 Å². The third-order valence-corrected chi connectivity index (χ3v) is 5.06. The Morgan fingerprint density at radius 3 is 2.83 bits per heavy atom. The Bertz CT molecular complexity index is 703. The van der Waals surface area contributed by atoms with E-state index >= 15 is 0 Å². The van der Waals surface area contributed by atoms with Crippen LogP contribution in [0.2, 0.25) is 0 Å². The summed E-state index contributed by atoms with van der Waals surface area (Å²) in [4.78, 5) is 33.0. The molecule has 1 aromatic heterocycles. The van der Waals surface area contributed by atoms with Gasteiger partial charge in [0.05, 0.1) is 16.7 Å². The van der Waals surface area contributed by atoms with Crippen LogP contribution in [0.4, 0.5) is 5.69 Å². The summed E-state index contributed by atoms with van der Waals surface area (Å²) in [6.07, 6.45) is 6.49. The minimum absolute atomic E-state index is 0.0127. The number of hydrogen-bond donors (Lipinski definition) is 1. The van der Waals surface area contributed by atoms with E-state index in [4.69, 9.17) is 0 Å². The highest BCUT2D eigenvalue weighted by molar-refractivity contribution is 8.00. The molecule has 0 bridgehead atoms. The van der Waals surface area contributed by atoms with E-state index in [-0.39, 0.29) is 17.6 Å². The third kappa shape index (κ3) is 3.76. The summed E-state index contributed by atoms with van der Waals surface area (Å²) < 4.78 is 0. The van der Waals surface area contributed by atoms with Crippen molar-refractivity contribution in [2.75, 3.05) is 12.3 Å². The zero-order valence-electron chi connectivity index (χ0n) is 13.1. The number of nitro benzene ring substituents is 1. The fourth-order valence-corrected chi connectivity index (χ4v) is 3.65. The average Bonchev–Trinajstić information content (AvgIpc) is 3.14. The van der Waals surface area contributed by atoms with Gasteiger partial charge in [-0.15, -0.1) is 11.8 Å². The molecule has 2 heterocycles. The molecular weight excluding hydrogens is 328 g/mol. The molecule has 126 valence electrons. The molecule has 1 aliphatic heterocycles. The topological polar surface area (TPSA) is 92.1 Å². The molecule has 7 nitrogen and oxygen atoms in total. The van der Waals surface area contributed by atoms with Crippen LogP contribution in [0, 0.1) is 10.1 Å². The number of nitrogens with one attached hydrogen (secondary N) is 1. The largest absolute Gasteiger partial charge is 0.347 e. The molecule has 0 radical (unpaired) electrons. The summed E-state index contributed by atoms with van der Waals surface area (Å²) in [5.41, 5.74) is 0.0552. The van der Waals surface area contributed by atoms with Gasteiger partial charge in [0.1, 0.15) is 5.82 Å². The van der Waals surface area contributed by atoms with Gasteiger partial charge in [0, 0.05) is 36.0 Å². The normalized spacial score (nSPS) is 17.7. The molecule has 1 aromatic carbocycles. The first-order valence-electron chi connectivity index (χ1n) is 7.81. The molecule has 3 rings (SSSR count). The molecule has 0 saturated carbocycles. The van der Waals surface area contributed by atoms with Crippen LogP contribution in [0.25, 0.3) is 0 Å². The number of carbonyl (C=O) groups is 1. The van der Waals surface area contributed by atoms with E-state index in [0.717, 1.165) is 36.5 Å². The van der Waals surface area contributed by atoms with Crippen molar-refractivity contribution in [1.82, 2.24) is 14.9 Å². The van der Waals surface area contributed by atoms with Gasteiger partial charge < -0.3 is 9.88 Å². The van der Waals surface area contributed by atoms with Gasteiger partial charge in [0.25, 0.3) is 5.69 Å². The number of thioether (sulfide) groups is 1. The summed E-state index contributed by atoms with van der Waals surface area (Å²) in [6.45, 7) is 0.741. The van der Waals surface area contributed by atoms with Gasteiger partial charge in [-0.1, -0.05) is 0 Å². The molecule has 0 aliphatic carbocycles. The Hall–Kier alpha value is -2.35. The van der Waals surface area contributed by atoms with E-state index in [2.05, 4.69) is 9.97 Å². The van der Waals surface area contributed by atoms with Crippen LogP contribution in [0.5, 0.6) is 0 Å². The molecule has 1 unspecified atom stereocenters. The maximum Gasteiger partial charge on any atom is 0.269 e. The van der Waals surface area contributed by atoms with Crippen molar-refractivity contribution in [3.05, 3.63) is 52.6 Å². The summed E-state index contributed by atoms with van der Waals surface area (Å²) >= 11 is 1.40. The quantitative estimate of drug-likeness (QED) is 0.510. The number of nitrogens with zero attached hydrogens (tertiary/aromatic N) is 3. The number of aromatic amines is 1. The fraction of sp³-hybridized carbons (Fsp3) is 0.375. The summed E-state index contributed by atoms with van der Waals surface area (Å²) in [5, 5.41) is 10.7. The number of rotatable bonds is 5. The van der Waals surface area contributed by atoms with Crippen molar-refractivity contribution < 1.29 is 9.72 Å². The van der Waals surface area contributed by atoms with E-state index in [9.17, 15) is 14.9 Å². The second kappa shape index (κ2) is 7.48. The summed E-state index contributed by atoms with van der Waals surface area (Å²) in [6, 6.07) is 6.28. The highest BCUT2D eigenvalue weighted by atomic mass is 32.2. The van der Waals surface area contributed by atoms with E-state index < -0.39 is 4.92 Å². The van der Waals surface area contributed by atoms with E-state index in [0.29, 0.717) is 5.75 Å². The van der Waals surface area contributed by atoms with E-state index in [1.807, 2.05) is 4.90 Å². The SMILES string of the molecule is O=C(CSc1ccc([N+](=O)[O-])cc1)N1CCCCC1c1ncc[nH]1. The van der Waals surface area contributed by atoms with Gasteiger partial charge in [0.15, 0.2) is 0 Å². The average molecular weight is 346 g/mol. The lowest BCUT2D eigenvalue weighted by Crippen LogP contribution is -2.40. The van der Waals surface area contributed by atoms with Gasteiger partial charge >= 0.3 is 0 Å².